The molecule has 0 aromatic heterocycles. The molecule has 1 saturated heterocycles. The van der Waals surface area contributed by atoms with Gasteiger partial charge in [-0.2, -0.15) is 0 Å². The van der Waals surface area contributed by atoms with Gasteiger partial charge < -0.3 is 19.5 Å². The summed E-state index contributed by atoms with van der Waals surface area (Å²) in [5.41, 5.74) is 3.34. The van der Waals surface area contributed by atoms with Crippen molar-refractivity contribution < 1.29 is 23.8 Å². The van der Waals surface area contributed by atoms with E-state index >= 15 is 0 Å². The SMILES string of the molecule is CCOc1cc(/C=C2\SC(=S)N(c3ccc(CC)cc3)C2=O)ccc1OCC(=O)Nc1ccc(OC)cc1. The summed E-state index contributed by atoms with van der Waals surface area (Å²) in [6, 6.07) is 20.2. The summed E-state index contributed by atoms with van der Waals surface area (Å²) in [5, 5.41) is 2.78. The molecule has 0 aliphatic carbocycles. The summed E-state index contributed by atoms with van der Waals surface area (Å²) in [4.78, 5) is 27.6. The molecule has 9 heteroatoms. The van der Waals surface area contributed by atoms with Crippen molar-refractivity contribution in [2.24, 2.45) is 0 Å². The quantitative estimate of drug-likeness (QED) is 0.243. The maximum Gasteiger partial charge on any atom is 0.270 e. The molecule has 3 aromatic rings. The molecule has 196 valence electrons. The van der Waals surface area contributed by atoms with Gasteiger partial charge in [-0.25, -0.2) is 0 Å². The third-order valence-corrected chi connectivity index (χ3v) is 7.00. The van der Waals surface area contributed by atoms with Crippen LogP contribution in [0.1, 0.15) is 25.0 Å². The highest BCUT2D eigenvalue weighted by Crippen LogP contribution is 2.37. The first-order valence-corrected chi connectivity index (χ1v) is 13.3. The second-order valence-corrected chi connectivity index (χ2v) is 9.92. The summed E-state index contributed by atoms with van der Waals surface area (Å²) in [6.07, 6.45) is 2.70. The number of hydrogen-bond acceptors (Lipinski definition) is 7. The Bertz CT molecular complexity index is 1350. The lowest BCUT2D eigenvalue weighted by Crippen LogP contribution is -2.27. The Morgan fingerprint density at radius 2 is 1.74 bits per heavy atom. The maximum absolute atomic E-state index is 13.2. The molecule has 2 amide bonds. The zero-order valence-electron chi connectivity index (χ0n) is 21.4. The predicted octanol–water partition coefficient (Wildman–Crippen LogP) is 6.08. The van der Waals surface area contributed by atoms with Crippen LogP contribution in [0.25, 0.3) is 6.08 Å². The van der Waals surface area contributed by atoms with Crippen molar-refractivity contribution in [3.8, 4) is 17.2 Å². The molecule has 1 aliphatic rings. The molecular formula is C29H28N2O5S2. The zero-order chi connectivity index (χ0) is 27.1. The van der Waals surface area contributed by atoms with Crippen LogP contribution >= 0.6 is 24.0 Å². The minimum atomic E-state index is -0.308. The van der Waals surface area contributed by atoms with E-state index in [0.717, 1.165) is 17.7 Å². The van der Waals surface area contributed by atoms with E-state index in [4.69, 9.17) is 26.4 Å². The number of hydrogen-bond donors (Lipinski definition) is 1. The lowest BCUT2D eigenvalue weighted by Gasteiger charge is -2.15. The van der Waals surface area contributed by atoms with Gasteiger partial charge in [-0.3, -0.25) is 14.5 Å². The van der Waals surface area contributed by atoms with Crippen LogP contribution in [0.4, 0.5) is 11.4 Å². The molecule has 1 heterocycles. The van der Waals surface area contributed by atoms with E-state index < -0.39 is 0 Å². The van der Waals surface area contributed by atoms with E-state index in [-0.39, 0.29) is 18.4 Å². The summed E-state index contributed by atoms with van der Waals surface area (Å²) in [5.74, 6) is 1.13. The molecule has 0 saturated carbocycles. The number of ether oxygens (including phenoxy) is 3. The summed E-state index contributed by atoms with van der Waals surface area (Å²) >= 11 is 6.76. The lowest BCUT2D eigenvalue weighted by atomic mass is 10.1. The van der Waals surface area contributed by atoms with Gasteiger partial charge in [0.05, 0.1) is 24.3 Å². The molecule has 1 N–H and O–H groups in total. The van der Waals surface area contributed by atoms with E-state index in [0.29, 0.717) is 38.8 Å². The number of nitrogens with zero attached hydrogens (tertiary/aromatic N) is 1. The summed E-state index contributed by atoms with van der Waals surface area (Å²) in [6.45, 7) is 4.16. The molecule has 0 radical (unpaired) electrons. The fourth-order valence-electron chi connectivity index (χ4n) is 3.74. The fraction of sp³-hybridized carbons (Fsp3) is 0.207. The highest BCUT2D eigenvalue weighted by Gasteiger charge is 2.33. The van der Waals surface area contributed by atoms with Crippen LogP contribution in [0.15, 0.2) is 71.6 Å². The zero-order valence-corrected chi connectivity index (χ0v) is 23.0. The van der Waals surface area contributed by atoms with Crippen molar-refractivity contribution in [1.29, 1.82) is 0 Å². The topological polar surface area (TPSA) is 77.1 Å². The van der Waals surface area contributed by atoms with Crippen LogP contribution in [-0.2, 0) is 16.0 Å². The molecule has 7 nitrogen and oxygen atoms in total. The van der Waals surface area contributed by atoms with E-state index in [1.54, 1.807) is 54.5 Å². The molecule has 0 atom stereocenters. The number of benzene rings is 3. The molecule has 38 heavy (non-hydrogen) atoms. The van der Waals surface area contributed by atoms with Crippen molar-refractivity contribution in [2.75, 3.05) is 30.5 Å². The first kappa shape index (κ1) is 27.2. The number of carbonyl (C=O) groups is 2. The monoisotopic (exact) mass is 548 g/mol. The highest BCUT2D eigenvalue weighted by molar-refractivity contribution is 8.27. The van der Waals surface area contributed by atoms with Gasteiger partial charge >= 0.3 is 0 Å². The second kappa shape index (κ2) is 12.6. The number of carbonyl (C=O) groups excluding carboxylic acids is 2. The van der Waals surface area contributed by atoms with Crippen LogP contribution in [0.3, 0.4) is 0 Å². The van der Waals surface area contributed by atoms with E-state index in [2.05, 4.69) is 12.2 Å². The Balaban J connectivity index is 1.45. The van der Waals surface area contributed by atoms with Gasteiger partial charge in [-0.15, -0.1) is 0 Å². The number of rotatable bonds is 10. The van der Waals surface area contributed by atoms with Crippen molar-refractivity contribution >= 4 is 57.6 Å². The predicted molar refractivity (Wildman–Crippen MR) is 156 cm³/mol. The van der Waals surface area contributed by atoms with Crippen molar-refractivity contribution in [3.05, 3.63) is 82.8 Å². The Hall–Kier alpha value is -3.82. The maximum atomic E-state index is 13.2. The lowest BCUT2D eigenvalue weighted by molar-refractivity contribution is -0.118. The normalized spacial score (nSPS) is 14.1. The molecule has 1 aliphatic heterocycles. The number of aryl methyl sites for hydroxylation is 1. The Kier molecular flexibility index (Phi) is 9.04. The first-order chi connectivity index (χ1) is 18.4. The van der Waals surface area contributed by atoms with Gasteiger partial charge in [0, 0.05) is 5.69 Å². The number of thiocarbonyl (C=S) groups is 1. The van der Waals surface area contributed by atoms with Gasteiger partial charge in [-0.05, 0) is 79.1 Å². The number of nitrogens with one attached hydrogen (secondary N) is 1. The third kappa shape index (κ3) is 6.54. The van der Waals surface area contributed by atoms with Gasteiger partial charge in [-0.1, -0.05) is 49.1 Å². The van der Waals surface area contributed by atoms with Gasteiger partial charge in [0.25, 0.3) is 11.8 Å². The summed E-state index contributed by atoms with van der Waals surface area (Å²) < 4.78 is 17.1. The number of methoxy groups -OCH3 is 1. The van der Waals surface area contributed by atoms with Crippen LogP contribution in [0, 0.1) is 0 Å². The first-order valence-electron chi connectivity index (χ1n) is 12.1. The molecule has 0 unspecified atom stereocenters. The molecule has 1 fully saturated rings. The van der Waals surface area contributed by atoms with Gasteiger partial charge in [0.2, 0.25) is 0 Å². The molecule has 0 bridgehead atoms. The van der Waals surface area contributed by atoms with Crippen molar-refractivity contribution in [1.82, 2.24) is 0 Å². The molecule has 4 rings (SSSR count). The summed E-state index contributed by atoms with van der Waals surface area (Å²) in [7, 11) is 1.58. The van der Waals surface area contributed by atoms with Crippen molar-refractivity contribution in [3.63, 3.8) is 0 Å². The van der Waals surface area contributed by atoms with Crippen LogP contribution < -0.4 is 24.4 Å². The van der Waals surface area contributed by atoms with Crippen molar-refractivity contribution in [2.45, 2.75) is 20.3 Å². The van der Waals surface area contributed by atoms with Gasteiger partial charge in [0.1, 0.15) is 5.75 Å². The number of thioether (sulfide) groups is 1. The Labute approximate surface area is 231 Å². The smallest absolute Gasteiger partial charge is 0.270 e. The van der Waals surface area contributed by atoms with E-state index in [9.17, 15) is 9.59 Å². The average molecular weight is 549 g/mol. The average Bonchev–Trinajstić information content (AvgIpc) is 3.21. The van der Waals surface area contributed by atoms with E-state index in [1.165, 1.54) is 17.3 Å². The molecule has 3 aromatic carbocycles. The molecule has 0 spiro atoms. The number of amides is 2. The standard InChI is InChI=1S/C29H28N2O5S2/c1-4-19-6-11-22(12-7-19)31-28(33)26(38-29(31)37)17-20-8-15-24(25(16-20)35-5-2)36-18-27(32)30-21-9-13-23(34-3)14-10-21/h6-17H,4-5,18H2,1-3H3,(H,30,32)/b26-17-. The van der Waals surface area contributed by atoms with Crippen LogP contribution in [0.5, 0.6) is 17.2 Å². The fourth-order valence-corrected chi connectivity index (χ4v) is 5.04. The Morgan fingerprint density at radius 1 is 1.00 bits per heavy atom. The van der Waals surface area contributed by atoms with Crippen LogP contribution in [0.2, 0.25) is 0 Å². The Morgan fingerprint density at radius 3 is 2.39 bits per heavy atom. The van der Waals surface area contributed by atoms with Gasteiger partial charge in [0.15, 0.2) is 22.4 Å². The van der Waals surface area contributed by atoms with E-state index in [1.807, 2.05) is 37.3 Å². The minimum absolute atomic E-state index is 0.169. The highest BCUT2D eigenvalue weighted by atomic mass is 32.2. The minimum Gasteiger partial charge on any atom is -0.497 e. The van der Waals surface area contributed by atoms with Crippen LogP contribution in [-0.4, -0.2) is 36.5 Å². The second-order valence-electron chi connectivity index (χ2n) is 8.24. The largest absolute Gasteiger partial charge is 0.497 e. The molecular weight excluding hydrogens is 520 g/mol. The third-order valence-electron chi connectivity index (χ3n) is 5.69. The number of anilines is 2.